The molecule has 0 aliphatic rings. The van der Waals surface area contributed by atoms with E-state index in [4.69, 9.17) is 0 Å². The lowest BCUT2D eigenvalue weighted by atomic mass is 9.85. The van der Waals surface area contributed by atoms with Crippen LogP contribution in [-0.4, -0.2) is 4.98 Å². The van der Waals surface area contributed by atoms with Crippen LogP contribution in [-0.2, 0) is 0 Å². The van der Waals surface area contributed by atoms with Gasteiger partial charge in [0, 0.05) is 17.5 Å². The van der Waals surface area contributed by atoms with E-state index in [1.165, 1.54) is 5.56 Å². The van der Waals surface area contributed by atoms with Crippen LogP contribution in [0.1, 0.15) is 62.5 Å². The molecule has 0 saturated heterocycles. The Labute approximate surface area is 132 Å². The summed E-state index contributed by atoms with van der Waals surface area (Å²) in [5.41, 5.74) is 2.78. The van der Waals surface area contributed by atoms with Gasteiger partial charge in [-0.15, -0.1) is 11.3 Å². The molecule has 0 spiro atoms. The van der Waals surface area contributed by atoms with E-state index >= 15 is 0 Å². The fraction of sp³-hybridized carbons (Fsp3) is 0.500. The predicted molar refractivity (Wildman–Crippen MR) is 91.7 cm³/mol. The summed E-state index contributed by atoms with van der Waals surface area (Å²) in [5, 5.41) is 7.05. The van der Waals surface area contributed by atoms with E-state index < -0.39 is 0 Å². The first-order chi connectivity index (χ1) is 9.85. The van der Waals surface area contributed by atoms with Crippen LogP contribution in [0.15, 0.2) is 35.7 Å². The fourth-order valence-corrected chi connectivity index (χ4v) is 3.24. The molecule has 3 heteroatoms. The second kappa shape index (κ2) is 6.71. The van der Waals surface area contributed by atoms with Crippen molar-refractivity contribution in [2.75, 3.05) is 0 Å². The number of benzene rings is 1. The van der Waals surface area contributed by atoms with E-state index in [1.54, 1.807) is 11.3 Å². The quantitative estimate of drug-likeness (QED) is 0.812. The number of nitrogens with one attached hydrogen (secondary N) is 1. The Balaban J connectivity index is 2.16. The molecule has 0 aliphatic heterocycles. The zero-order valence-electron chi connectivity index (χ0n) is 13.7. The Morgan fingerprint density at radius 1 is 1.19 bits per heavy atom. The molecule has 1 aromatic carbocycles. The lowest BCUT2D eigenvalue weighted by Crippen LogP contribution is -2.28. The van der Waals surface area contributed by atoms with Crippen molar-refractivity contribution in [2.45, 2.75) is 53.1 Å². The van der Waals surface area contributed by atoms with Crippen molar-refractivity contribution in [3.05, 3.63) is 52.0 Å². The molecule has 0 fully saturated rings. The van der Waals surface area contributed by atoms with Gasteiger partial charge < -0.3 is 5.32 Å². The van der Waals surface area contributed by atoms with Gasteiger partial charge in [-0.3, -0.25) is 0 Å². The molecular formula is C18H26N2S. The van der Waals surface area contributed by atoms with Crippen LogP contribution < -0.4 is 5.32 Å². The van der Waals surface area contributed by atoms with E-state index in [2.05, 4.69) is 80.6 Å². The highest BCUT2D eigenvalue weighted by Crippen LogP contribution is 2.31. The number of rotatable bonds is 5. The minimum absolute atomic E-state index is 0.266. The molecule has 0 aliphatic carbocycles. The van der Waals surface area contributed by atoms with Gasteiger partial charge in [-0.2, -0.15) is 0 Å². The van der Waals surface area contributed by atoms with Crippen LogP contribution in [0, 0.1) is 12.3 Å². The Kier molecular flexibility index (Phi) is 5.17. The molecule has 1 N–H and O–H groups in total. The lowest BCUT2D eigenvalue weighted by Gasteiger charge is -2.29. The predicted octanol–water partition coefficient (Wildman–Crippen LogP) is 5.28. The van der Waals surface area contributed by atoms with Crippen molar-refractivity contribution < 1.29 is 0 Å². The Morgan fingerprint density at radius 3 is 2.38 bits per heavy atom. The smallest absolute Gasteiger partial charge is 0.0898 e. The first-order valence-corrected chi connectivity index (χ1v) is 8.46. The third-order valence-corrected chi connectivity index (χ3v) is 4.34. The van der Waals surface area contributed by atoms with Crippen LogP contribution in [0.5, 0.6) is 0 Å². The SMILES string of the molecule is Cc1nc(C(C)NC(CC(C)(C)C)c2ccccc2)cs1. The van der Waals surface area contributed by atoms with E-state index in [0.717, 1.165) is 17.1 Å². The van der Waals surface area contributed by atoms with Crippen LogP contribution in [0.2, 0.25) is 0 Å². The van der Waals surface area contributed by atoms with Gasteiger partial charge >= 0.3 is 0 Å². The van der Waals surface area contributed by atoms with Gasteiger partial charge in [-0.05, 0) is 31.2 Å². The summed E-state index contributed by atoms with van der Waals surface area (Å²) in [4.78, 5) is 4.61. The third kappa shape index (κ3) is 4.94. The van der Waals surface area contributed by atoms with Gasteiger partial charge in [0.1, 0.15) is 0 Å². The molecule has 21 heavy (non-hydrogen) atoms. The number of nitrogens with zero attached hydrogens (tertiary/aromatic N) is 1. The first kappa shape index (κ1) is 16.2. The van der Waals surface area contributed by atoms with E-state index in [-0.39, 0.29) is 11.5 Å². The highest BCUT2D eigenvalue weighted by atomic mass is 32.1. The summed E-state index contributed by atoms with van der Waals surface area (Å²) in [7, 11) is 0. The molecule has 0 saturated carbocycles. The van der Waals surface area contributed by atoms with Crippen LogP contribution in [0.25, 0.3) is 0 Å². The summed E-state index contributed by atoms with van der Waals surface area (Å²) in [6.07, 6.45) is 1.10. The van der Waals surface area contributed by atoms with Crippen LogP contribution in [0.3, 0.4) is 0 Å². The molecule has 114 valence electrons. The monoisotopic (exact) mass is 302 g/mol. The molecule has 0 bridgehead atoms. The van der Waals surface area contributed by atoms with E-state index in [9.17, 15) is 0 Å². The third-order valence-electron chi connectivity index (χ3n) is 3.55. The molecule has 1 heterocycles. The molecule has 2 aromatic rings. The van der Waals surface area contributed by atoms with Gasteiger partial charge in [0.25, 0.3) is 0 Å². The van der Waals surface area contributed by atoms with Gasteiger partial charge in [0.2, 0.25) is 0 Å². The summed E-state index contributed by atoms with van der Waals surface area (Å²) in [6, 6.07) is 11.3. The maximum atomic E-state index is 4.61. The highest BCUT2D eigenvalue weighted by Gasteiger charge is 2.22. The number of hydrogen-bond acceptors (Lipinski definition) is 3. The van der Waals surface area contributed by atoms with Gasteiger partial charge in [-0.25, -0.2) is 4.98 Å². The number of aromatic nitrogens is 1. The molecule has 2 nitrogen and oxygen atoms in total. The van der Waals surface area contributed by atoms with Crippen molar-refractivity contribution in [3.8, 4) is 0 Å². The average Bonchev–Trinajstić information content (AvgIpc) is 2.84. The molecule has 2 rings (SSSR count). The van der Waals surface area contributed by atoms with E-state index in [1.807, 2.05) is 0 Å². The lowest BCUT2D eigenvalue weighted by molar-refractivity contribution is 0.296. The summed E-state index contributed by atoms with van der Waals surface area (Å²) < 4.78 is 0. The number of thiazole rings is 1. The molecule has 0 radical (unpaired) electrons. The summed E-state index contributed by atoms with van der Waals surface area (Å²) in [6.45, 7) is 11.1. The van der Waals surface area contributed by atoms with Crippen molar-refractivity contribution in [3.63, 3.8) is 0 Å². The molecule has 2 atom stereocenters. The zero-order chi connectivity index (χ0) is 15.5. The number of aryl methyl sites for hydroxylation is 1. The van der Waals surface area contributed by atoms with Crippen molar-refractivity contribution in [1.29, 1.82) is 0 Å². The summed E-state index contributed by atoms with van der Waals surface area (Å²) >= 11 is 1.72. The van der Waals surface area contributed by atoms with Crippen molar-refractivity contribution >= 4 is 11.3 Å². The second-order valence-electron chi connectivity index (χ2n) is 6.91. The van der Waals surface area contributed by atoms with E-state index in [0.29, 0.717) is 6.04 Å². The van der Waals surface area contributed by atoms with Crippen molar-refractivity contribution in [2.24, 2.45) is 5.41 Å². The molecular weight excluding hydrogens is 276 g/mol. The molecule has 1 aromatic heterocycles. The fourth-order valence-electron chi connectivity index (χ4n) is 2.54. The second-order valence-corrected chi connectivity index (χ2v) is 7.97. The first-order valence-electron chi connectivity index (χ1n) is 7.58. The largest absolute Gasteiger partial charge is 0.302 e. The molecule has 2 unspecified atom stereocenters. The minimum atomic E-state index is 0.266. The van der Waals surface area contributed by atoms with Crippen LogP contribution in [0.4, 0.5) is 0 Å². The molecule has 0 amide bonds. The van der Waals surface area contributed by atoms with Gasteiger partial charge in [0.15, 0.2) is 0 Å². The minimum Gasteiger partial charge on any atom is -0.302 e. The van der Waals surface area contributed by atoms with Gasteiger partial charge in [0.05, 0.1) is 10.7 Å². The summed E-state index contributed by atoms with van der Waals surface area (Å²) in [5.74, 6) is 0. The maximum Gasteiger partial charge on any atom is 0.0898 e. The zero-order valence-corrected chi connectivity index (χ0v) is 14.5. The Bertz CT molecular complexity index is 554. The average molecular weight is 302 g/mol. The maximum absolute atomic E-state index is 4.61. The Hall–Kier alpha value is -1.19. The Morgan fingerprint density at radius 2 is 1.86 bits per heavy atom. The topological polar surface area (TPSA) is 24.9 Å². The number of hydrogen-bond donors (Lipinski definition) is 1. The van der Waals surface area contributed by atoms with Crippen molar-refractivity contribution in [1.82, 2.24) is 10.3 Å². The van der Waals surface area contributed by atoms with Crippen LogP contribution >= 0.6 is 11.3 Å². The standard InChI is InChI=1S/C18H26N2S/c1-13(17-12-21-14(2)20-17)19-16(11-18(3,4)5)15-9-7-6-8-10-15/h6-10,12-13,16,19H,11H2,1-5H3. The highest BCUT2D eigenvalue weighted by molar-refractivity contribution is 7.09. The van der Waals surface area contributed by atoms with Gasteiger partial charge in [-0.1, -0.05) is 51.1 Å². The normalized spacial score (nSPS) is 14.9.